The summed E-state index contributed by atoms with van der Waals surface area (Å²) in [6.07, 6.45) is 3.71. The maximum atomic E-state index is 10.00. The van der Waals surface area contributed by atoms with Crippen molar-refractivity contribution in [3.05, 3.63) is 22.4 Å². The molecule has 1 unspecified atom stereocenters. The monoisotopic (exact) mass is 160 g/mol. The Hall–Kier alpha value is -0.710. The van der Waals surface area contributed by atoms with Gasteiger partial charge in [0.25, 0.3) is 0 Å². The minimum absolute atomic E-state index is 0.00495. The molecular weight excluding hydrogens is 152 g/mol. The molecule has 1 N–H and O–H groups in total. The molecule has 1 aliphatic rings. The predicted octanol–water partition coefficient (Wildman–Crippen LogP) is 0.439. The van der Waals surface area contributed by atoms with E-state index < -0.39 is 0 Å². The summed E-state index contributed by atoms with van der Waals surface area (Å²) in [7, 11) is 0. The van der Waals surface area contributed by atoms with Crippen molar-refractivity contribution in [3.63, 3.8) is 0 Å². The zero-order valence-corrected chi connectivity index (χ0v) is 6.13. The second kappa shape index (κ2) is 3.46. The van der Waals surface area contributed by atoms with Crippen LogP contribution in [0.4, 0.5) is 0 Å². The van der Waals surface area contributed by atoms with Crippen LogP contribution in [-0.4, -0.2) is 22.6 Å². The molecule has 0 radical (unpaired) electrons. The Balaban J connectivity index is 2.28. The van der Waals surface area contributed by atoms with E-state index in [2.05, 4.69) is 5.32 Å². The number of nitrogens with zero attached hydrogens (tertiary/aromatic N) is 1. The SMILES string of the molecule is O=[N+]([O-])CC1NC=CCS1. The molecule has 1 atom stereocenters. The first-order valence-corrected chi connectivity index (χ1v) is 3.98. The van der Waals surface area contributed by atoms with Crippen LogP contribution in [-0.2, 0) is 0 Å². The first kappa shape index (κ1) is 7.40. The van der Waals surface area contributed by atoms with Gasteiger partial charge in [0.1, 0.15) is 5.37 Å². The van der Waals surface area contributed by atoms with Crippen molar-refractivity contribution in [1.82, 2.24) is 5.32 Å². The fraction of sp³-hybridized carbons (Fsp3) is 0.600. The Morgan fingerprint density at radius 1 is 1.90 bits per heavy atom. The van der Waals surface area contributed by atoms with E-state index in [0.29, 0.717) is 0 Å². The molecule has 10 heavy (non-hydrogen) atoms. The predicted molar refractivity (Wildman–Crippen MR) is 40.4 cm³/mol. The lowest BCUT2D eigenvalue weighted by Gasteiger charge is -2.14. The average molecular weight is 160 g/mol. The Morgan fingerprint density at radius 3 is 3.20 bits per heavy atom. The van der Waals surface area contributed by atoms with E-state index in [9.17, 15) is 10.1 Å². The Morgan fingerprint density at radius 2 is 2.70 bits per heavy atom. The van der Waals surface area contributed by atoms with Gasteiger partial charge in [0, 0.05) is 10.7 Å². The van der Waals surface area contributed by atoms with Gasteiger partial charge in [-0.1, -0.05) is 6.08 Å². The number of nitro groups is 1. The summed E-state index contributed by atoms with van der Waals surface area (Å²) in [5.41, 5.74) is 0. The van der Waals surface area contributed by atoms with Gasteiger partial charge in [0.2, 0.25) is 6.54 Å². The van der Waals surface area contributed by atoms with Crippen LogP contribution in [0.1, 0.15) is 0 Å². The molecule has 0 amide bonds. The van der Waals surface area contributed by atoms with Gasteiger partial charge >= 0.3 is 0 Å². The molecular formula is C5H8N2O2S. The van der Waals surface area contributed by atoms with Gasteiger partial charge in [-0.05, 0) is 6.20 Å². The zero-order valence-electron chi connectivity index (χ0n) is 5.32. The third kappa shape index (κ3) is 2.26. The van der Waals surface area contributed by atoms with Crippen LogP contribution in [0.3, 0.4) is 0 Å². The van der Waals surface area contributed by atoms with Crippen LogP contribution >= 0.6 is 11.8 Å². The number of thioether (sulfide) groups is 1. The van der Waals surface area contributed by atoms with Crippen molar-refractivity contribution in [1.29, 1.82) is 0 Å². The standard InChI is InChI=1S/C5H8N2O2S/c8-7(9)4-5-6-2-1-3-10-5/h1-2,5-6H,3-4H2. The second-order valence-electron chi connectivity index (χ2n) is 1.91. The van der Waals surface area contributed by atoms with E-state index in [4.69, 9.17) is 0 Å². The summed E-state index contributed by atoms with van der Waals surface area (Å²) >= 11 is 1.55. The van der Waals surface area contributed by atoms with Crippen LogP contribution in [0.25, 0.3) is 0 Å². The summed E-state index contributed by atoms with van der Waals surface area (Å²) in [6, 6.07) is 0. The topological polar surface area (TPSA) is 55.2 Å². The summed E-state index contributed by atoms with van der Waals surface area (Å²) in [5.74, 6) is 0.867. The minimum Gasteiger partial charge on any atom is -0.374 e. The molecule has 0 aromatic heterocycles. The van der Waals surface area contributed by atoms with E-state index in [1.54, 1.807) is 18.0 Å². The van der Waals surface area contributed by atoms with Crippen molar-refractivity contribution < 1.29 is 4.92 Å². The van der Waals surface area contributed by atoms with Gasteiger partial charge in [0.15, 0.2) is 0 Å². The highest BCUT2D eigenvalue weighted by Gasteiger charge is 2.14. The summed E-state index contributed by atoms with van der Waals surface area (Å²) < 4.78 is 0. The molecule has 5 heteroatoms. The molecule has 1 heterocycles. The fourth-order valence-corrected chi connectivity index (χ4v) is 1.53. The Kier molecular flexibility index (Phi) is 2.56. The van der Waals surface area contributed by atoms with Crippen molar-refractivity contribution in [2.24, 2.45) is 0 Å². The van der Waals surface area contributed by atoms with E-state index in [1.807, 2.05) is 6.08 Å². The Labute approximate surface area is 62.8 Å². The third-order valence-electron chi connectivity index (χ3n) is 1.11. The average Bonchev–Trinajstić information content (AvgIpc) is 1.88. The second-order valence-corrected chi connectivity index (χ2v) is 3.14. The minimum atomic E-state index is -0.302. The van der Waals surface area contributed by atoms with Crippen LogP contribution in [0.15, 0.2) is 12.3 Å². The highest BCUT2D eigenvalue weighted by atomic mass is 32.2. The number of hydrogen-bond acceptors (Lipinski definition) is 4. The molecule has 0 fully saturated rings. The van der Waals surface area contributed by atoms with E-state index in [0.717, 1.165) is 5.75 Å². The van der Waals surface area contributed by atoms with Crippen molar-refractivity contribution >= 4 is 11.8 Å². The summed E-state index contributed by atoms with van der Waals surface area (Å²) in [5, 5.41) is 12.8. The zero-order chi connectivity index (χ0) is 7.40. The molecule has 56 valence electrons. The molecule has 1 aliphatic heterocycles. The summed E-state index contributed by atoms with van der Waals surface area (Å²) in [6.45, 7) is -0.00495. The molecule has 0 bridgehead atoms. The maximum Gasteiger partial charge on any atom is 0.233 e. The van der Waals surface area contributed by atoms with E-state index in [1.165, 1.54) is 0 Å². The number of nitrogens with one attached hydrogen (secondary N) is 1. The first-order chi connectivity index (χ1) is 4.79. The smallest absolute Gasteiger partial charge is 0.233 e. The lowest BCUT2D eigenvalue weighted by atomic mass is 10.6. The van der Waals surface area contributed by atoms with Crippen LogP contribution < -0.4 is 5.32 Å². The highest BCUT2D eigenvalue weighted by molar-refractivity contribution is 8.00. The van der Waals surface area contributed by atoms with E-state index in [-0.39, 0.29) is 16.8 Å². The highest BCUT2D eigenvalue weighted by Crippen LogP contribution is 2.11. The van der Waals surface area contributed by atoms with Crippen molar-refractivity contribution in [2.45, 2.75) is 5.37 Å². The van der Waals surface area contributed by atoms with Gasteiger partial charge < -0.3 is 5.32 Å². The van der Waals surface area contributed by atoms with Gasteiger partial charge in [-0.2, -0.15) is 0 Å². The molecule has 4 nitrogen and oxygen atoms in total. The van der Waals surface area contributed by atoms with Gasteiger partial charge in [-0.3, -0.25) is 10.1 Å². The van der Waals surface area contributed by atoms with Crippen molar-refractivity contribution in [3.8, 4) is 0 Å². The van der Waals surface area contributed by atoms with Gasteiger partial charge in [-0.15, -0.1) is 11.8 Å². The lowest BCUT2D eigenvalue weighted by molar-refractivity contribution is -0.479. The van der Waals surface area contributed by atoms with Crippen molar-refractivity contribution in [2.75, 3.05) is 12.3 Å². The molecule has 0 aromatic rings. The molecule has 0 aliphatic carbocycles. The molecule has 0 saturated carbocycles. The lowest BCUT2D eigenvalue weighted by Crippen LogP contribution is -2.31. The largest absolute Gasteiger partial charge is 0.374 e. The quantitative estimate of drug-likeness (QED) is 0.470. The number of hydrogen-bond donors (Lipinski definition) is 1. The van der Waals surface area contributed by atoms with Gasteiger partial charge in [0.05, 0.1) is 0 Å². The van der Waals surface area contributed by atoms with Crippen LogP contribution in [0.5, 0.6) is 0 Å². The molecule has 1 rings (SSSR count). The Bertz CT molecular complexity index is 160. The third-order valence-corrected chi connectivity index (χ3v) is 2.18. The first-order valence-electron chi connectivity index (χ1n) is 2.93. The van der Waals surface area contributed by atoms with Gasteiger partial charge in [-0.25, -0.2) is 0 Å². The van der Waals surface area contributed by atoms with Crippen LogP contribution in [0.2, 0.25) is 0 Å². The van der Waals surface area contributed by atoms with Crippen LogP contribution in [0, 0.1) is 10.1 Å². The maximum absolute atomic E-state index is 10.00. The molecule has 0 aromatic carbocycles. The number of rotatable bonds is 2. The van der Waals surface area contributed by atoms with E-state index >= 15 is 0 Å². The fourth-order valence-electron chi connectivity index (χ4n) is 0.684. The molecule has 0 saturated heterocycles. The summed E-state index contributed by atoms with van der Waals surface area (Å²) in [4.78, 5) is 9.69. The normalized spacial score (nSPS) is 23.8. The molecule has 0 spiro atoms.